The average molecular weight is 324 g/mol. The third-order valence-corrected chi connectivity index (χ3v) is 3.91. The number of ether oxygens (including phenoxy) is 1. The van der Waals surface area contributed by atoms with E-state index in [0.717, 1.165) is 16.5 Å². The second-order valence-electron chi connectivity index (χ2n) is 5.64. The van der Waals surface area contributed by atoms with Gasteiger partial charge in [-0.2, -0.15) is 0 Å². The maximum atomic E-state index is 12.2. The predicted octanol–water partition coefficient (Wildman–Crippen LogP) is 3.54. The largest absolute Gasteiger partial charge is 0.426 e. The van der Waals surface area contributed by atoms with E-state index in [1.54, 1.807) is 6.92 Å². The van der Waals surface area contributed by atoms with Crippen molar-refractivity contribution >= 4 is 22.6 Å². The molecule has 6 heteroatoms. The molecular formula is C18H16N2O4. The maximum Gasteiger partial charge on any atom is 0.315 e. The highest BCUT2D eigenvalue weighted by atomic mass is 16.6. The van der Waals surface area contributed by atoms with E-state index in [9.17, 15) is 14.9 Å². The van der Waals surface area contributed by atoms with Gasteiger partial charge in [-0.15, -0.1) is 0 Å². The Morgan fingerprint density at radius 2 is 2.00 bits per heavy atom. The minimum absolute atomic E-state index is 0.0265. The Bertz CT molecular complexity index is 943. The molecule has 0 aliphatic rings. The van der Waals surface area contributed by atoms with Crippen molar-refractivity contribution in [2.45, 2.75) is 13.3 Å². The second-order valence-corrected chi connectivity index (χ2v) is 5.64. The molecule has 0 aliphatic heterocycles. The van der Waals surface area contributed by atoms with Gasteiger partial charge in [0.1, 0.15) is 5.75 Å². The molecule has 0 amide bonds. The topological polar surface area (TPSA) is 74.4 Å². The summed E-state index contributed by atoms with van der Waals surface area (Å²) in [4.78, 5) is 22.5. The normalized spacial score (nSPS) is 10.8. The lowest BCUT2D eigenvalue weighted by molar-refractivity contribution is -0.384. The van der Waals surface area contributed by atoms with Crippen LogP contribution >= 0.6 is 0 Å². The number of carbonyl (C=O) groups is 1. The first-order valence-electron chi connectivity index (χ1n) is 7.44. The van der Waals surface area contributed by atoms with Crippen LogP contribution in [0.15, 0.2) is 48.7 Å². The first kappa shape index (κ1) is 15.7. The van der Waals surface area contributed by atoms with Gasteiger partial charge in [0.15, 0.2) is 0 Å². The summed E-state index contributed by atoms with van der Waals surface area (Å²) in [5.41, 5.74) is 2.46. The Morgan fingerprint density at radius 3 is 2.71 bits per heavy atom. The Morgan fingerprint density at radius 1 is 1.25 bits per heavy atom. The van der Waals surface area contributed by atoms with Crippen LogP contribution in [0.5, 0.6) is 5.75 Å². The van der Waals surface area contributed by atoms with Gasteiger partial charge in [-0.1, -0.05) is 18.2 Å². The second kappa shape index (κ2) is 6.16. The van der Waals surface area contributed by atoms with Crippen molar-refractivity contribution in [3.05, 3.63) is 69.9 Å². The number of non-ortho nitro benzene ring substituents is 1. The summed E-state index contributed by atoms with van der Waals surface area (Å²) < 4.78 is 7.34. The number of benzene rings is 2. The van der Waals surface area contributed by atoms with Gasteiger partial charge < -0.3 is 9.30 Å². The lowest BCUT2D eigenvalue weighted by atomic mass is 10.1. The molecule has 0 N–H and O–H groups in total. The summed E-state index contributed by atoms with van der Waals surface area (Å²) in [5.74, 6) is -0.0610. The van der Waals surface area contributed by atoms with E-state index in [1.807, 2.05) is 42.1 Å². The van der Waals surface area contributed by atoms with Crippen LogP contribution in [0.3, 0.4) is 0 Å². The fourth-order valence-corrected chi connectivity index (χ4v) is 2.74. The Kier molecular flexibility index (Phi) is 4.04. The average Bonchev–Trinajstić information content (AvgIpc) is 2.86. The molecule has 24 heavy (non-hydrogen) atoms. The zero-order valence-electron chi connectivity index (χ0n) is 13.4. The number of nitro benzene ring substituents is 1. The van der Waals surface area contributed by atoms with Crippen molar-refractivity contribution in [2.75, 3.05) is 0 Å². The highest BCUT2D eigenvalue weighted by Gasteiger charge is 2.15. The highest BCUT2D eigenvalue weighted by Crippen LogP contribution is 2.25. The number of para-hydroxylation sites is 1. The number of nitro groups is 1. The lowest BCUT2D eigenvalue weighted by Crippen LogP contribution is -2.11. The quantitative estimate of drug-likeness (QED) is 0.318. The molecule has 0 bridgehead atoms. The fraction of sp³-hybridized carbons (Fsp3) is 0.167. The molecule has 0 spiro atoms. The minimum Gasteiger partial charge on any atom is -0.426 e. The van der Waals surface area contributed by atoms with Crippen LogP contribution < -0.4 is 4.74 Å². The van der Waals surface area contributed by atoms with Gasteiger partial charge in [0.25, 0.3) is 5.69 Å². The molecule has 0 saturated heterocycles. The number of aryl methyl sites for hydroxylation is 2. The summed E-state index contributed by atoms with van der Waals surface area (Å²) in [6, 6.07) is 12.0. The van der Waals surface area contributed by atoms with Crippen LogP contribution in [0.4, 0.5) is 5.69 Å². The summed E-state index contributed by atoms with van der Waals surface area (Å²) in [6.45, 7) is 1.67. The van der Waals surface area contributed by atoms with E-state index in [-0.39, 0.29) is 12.1 Å². The van der Waals surface area contributed by atoms with Crippen LogP contribution in [0, 0.1) is 17.0 Å². The maximum absolute atomic E-state index is 12.2. The van der Waals surface area contributed by atoms with Gasteiger partial charge in [0.2, 0.25) is 0 Å². The Labute approximate surface area is 138 Å². The number of hydrogen-bond acceptors (Lipinski definition) is 4. The van der Waals surface area contributed by atoms with Gasteiger partial charge in [0, 0.05) is 36.3 Å². The number of rotatable bonds is 4. The highest BCUT2D eigenvalue weighted by molar-refractivity contribution is 5.88. The zero-order valence-corrected chi connectivity index (χ0v) is 13.4. The number of esters is 1. The SMILES string of the molecule is Cc1cc([N+](=O)[O-])ccc1OC(=O)Cc1cn(C)c2ccccc12. The van der Waals surface area contributed by atoms with Crippen LogP contribution in [0.25, 0.3) is 10.9 Å². The van der Waals surface area contributed by atoms with Crippen LogP contribution in [0.2, 0.25) is 0 Å². The number of hydrogen-bond donors (Lipinski definition) is 0. The van der Waals surface area contributed by atoms with Gasteiger partial charge >= 0.3 is 5.97 Å². The Hall–Kier alpha value is -3.15. The van der Waals surface area contributed by atoms with Gasteiger partial charge in [-0.25, -0.2) is 0 Å². The summed E-state index contributed by atoms with van der Waals surface area (Å²) in [5, 5.41) is 11.8. The molecule has 0 aliphatic carbocycles. The molecule has 1 aromatic heterocycles. The lowest BCUT2D eigenvalue weighted by Gasteiger charge is -2.07. The summed E-state index contributed by atoms with van der Waals surface area (Å²) >= 11 is 0. The van der Waals surface area contributed by atoms with E-state index in [0.29, 0.717) is 11.3 Å². The van der Waals surface area contributed by atoms with Crippen molar-refractivity contribution in [3.8, 4) is 5.75 Å². The molecule has 3 rings (SSSR count). The van der Waals surface area contributed by atoms with Crippen molar-refractivity contribution in [1.29, 1.82) is 0 Å². The van der Waals surface area contributed by atoms with Gasteiger partial charge in [-0.05, 0) is 30.2 Å². The number of aromatic nitrogens is 1. The third-order valence-electron chi connectivity index (χ3n) is 3.91. The minimum atomic E-state index is -0.477. The molecule has 6 nitrogen and oxygen atoms in total. The standard InChI is InChI=1S/C18H16N2O4/c1-12-9-14(20(22)23)7-8-17(12)24-18(21)10-13-11-19(2)16-6-4-3-5-15(13)16/h3-9,11H,10H2,1-2H3. The molecule has 122 valence electrons. The van der Waals surface area contributed by atoms with Crippen LogP contribution in [-0.4, -0.2) is 15.5 Å². The summed E-state index contributed by atoms with van der Waals surface area (Å²) in [7, 11) is 1.93. The smallest absolute Gasteiger partial charge is 0.315 e. The third kappa shape index (κ3) is 2.99. The number of carbonyl (C=O) groups excluding carboxylic acids is 1. The Balaban J connectivity index is 1.79. The molecule has 0 fully saturated rings. The van der Waals surface area contributed by atoms with Crippen molar-refractivity contribution in [2.24, 2.45) is 7.05 Å². The molecule has 0 unspecified atom stereocenters. The van der Waals surface area contributed by atoms with E-state index < -0.39 is 10.9 Å². The molecule has 0 radical (unpaired) electrons. The van der Waals surface area contributed by atoms with Crippen molar-refractivity contribution < 1.29 is 14.5 Å². The first-order chi connectivity index (χ1) is 11.5. The van der Waals surface area contributed by atoms with Gasteiger partial charge in [-0.3, -0.25) is 14.9 Å². The van der Waals surface area contributed by atoms with Crippen molar-refractivity contribution in [3.63, 3.8) is 0 Å². The van der Waals surface area contributed by atoms with E-state index in [2.05, 4.69) is 0 Å². The number of fused-ring (bicyclic) bond motifs is 1. The van der Waals surface area contributed by atoms with E-state index in [1.165, 1.54) is 18.2 Å². The van der Waals surface area contributed by atoms with E-state index in [4.69, 9.17) is 4.74 Å². The molecule has 2 aromatic carbocycles. The predicted molar refractivity (Wildman–Crippen MR) is 90.1 cm³/mol. The van der Waals surface area contributed by atoms with Crippen molar-refractivity contribution in [1.82, 2.24) is 4.57 Å². The molecule has 3 aromatic rings. The number of nitrogens with zero attached hydrogens (tertiary/aromatic N) is 2. The first-order valence-corrected chi connectivity index (χ1v) is 7.44. The monoisotopic (exact) mass is 324 g/mol. The van der Waals surface area contributed by atoms with Crippen LogP contribution in [0.1, 0.15) is 11.1 Å². The zero-order chi connectivity index (χ0) is 17.3. The summed E-state index contributed by atoms with van der Waals surface area (Å²) in [6.07, 6.45) is 2.05. The van der Waals surface area contributed by atoms with Crippen LogP contribution in [-0.2, 0) is 18.3 Å². The molecular weight excluding hydrogens is 308 g/mol. The van der Waals surface area contributed by atoms with Gasteiger partial charge in [0.05, 0.1) is 11.3 Å². The van der Waals surface area contributed by atoms with E-state index >= 15 is 0 Å². The molecule has 0 saturated carbocycles. The fourth-order valence-electron chi connectivity index (χ4n) is 2.74. The molecule has 0 atom stereocenters. The molecule has 1 heterocycles.